The third-order valence-corrected chi connectivity index (χ3v) is 9.92. The lowest BCUT2D eigenvalue weighted by Gasteiger charge is -2.42. The fraction of sp³-hybridized carbons (Fsp3) is 0.556. The number of halogens is 1. The first kappa shape index (κ1) is 17.7. The Morgan fingerprint density at radius 3 is 2.59 bits per heavy atom. The number of aliphatic hydroxyl groups excluding tert-OH is 1. The molecule has 1 aromatic rings. The lowest BCUT2D eigenvalue weighted by Crippen LogP contribution is -2.47. The Labute approximate surface area is 140 Å². The van der Waals surface area contributed by atoms with Gasteiger partial charge in [0, 0.05) is 17.0 Å². The molecule has 1 aliphatic carbocycles. The number of fused-ring (bicyclic) bond motifs is 1. The molecule has 0 unspecified atom stereocenters. The molecule has 0 amide bonds. The summed E-state index contributed by atoms with van der Waals surface area (Å²) in [6, 6.07) is 5.89. The van der Waals surface area contributed by atoms with E-state index in [0.717, 1.165) is 22.6 Å². The minimum Gasteiger partial charge on any atom is -0.416 e. The summed E-state index contributed by atoms with van der Waals surface area (Å²) in [6.07, 6.45) is 5.00. The van der Waals surface area contributed by atoms with Gasteiger partial charge in [-0.15, -0.1) is 0 Å². The molecular weight excluding hydrogens is 312 g/mol. The molecule has 2 nitrogen and oxygen atoms in total. The average molecular weight is 339 g/mol. The lowest BCUT2D eigenvalue weighted by atomic mass is 9.74. The van der Waals surface area contributed by atoms with E-state index in [9.17, 15) is 5.11 Å². The molecule has 1 N–H and O–H groups in total. The highest BCUT2D eigenvalue weighted by atomic mass is 35.5. The molecule has 0 aromatic heterocycles. The molecule has 0 spiro atoms. The van der Waals surface area contributed by atoms with Crippen LogP contribution in [-0.2, 0) is 9.84 Å². The van der Waals surface area contributed by atoms with Crippen molar-refractivity contribution in [3.63, 3.8) is 0 Å². The molecule has 1 aliphatic rings. The largest absolute Gasteiger partial charge is 0.416 e. The molecule has 22 heavy (non-hydrogen) atoms. The molecule has 2 rings (SSSR count). The maximum absolute atomic E-state index is 10.1. The second-order valence-corrected chi connectivity index (χ2v) is 13.1. The van der Waals surface area contributed by atoms with Crippen LogP contribution >= 0.6 is 11.6 Å². The Hall–Kier alpha value is -0.613. The molecular formula is C18H27ClO2Si. The number of rotatable bonds is 4. The smallest absolute Gasteiger partial charge is 0.192 e. The minimum absolute atomic E-state index is 0.0839. The van der Waals surface area contributed by atoms with E-state index in [2.05, 4.69) is 46.0 Å². The van der Waals surface area contributed by atoms with Crippen LogP contribution in [0.5, 0.6) is 0 Å². The molecule has 122 valence electrons. The quantitative estimate of drug-likeness (QED) is 0.782. The molecule has 0 bridgehead atoms. The summed E-state index contributed by atoms with van der Waals surface area (Å²) in [6.45, 7) is 11.8. The van der Waals surface area contributed by atoms with E-state index in [1.807, 2.05) is 18.2 Å². The summed E-state index contributed by atoms with van der Waals surface area (Å²) in [7, 11) is -1.85. The van der Waals surface area contributed by atoms with Crippen molar-refractivity contribution in [2.75, 3.05) is 13.2 Å². The molecule has 0 saturated carbocycles. The van der Waals surface area contributed by atoms with E-state index in [1.54, 1.807) is 0 Å². The second-order valence-electron chi connectivity index (χ2n) is 7.83. The monoisotopic (exact) mass is 338 g/mol. The Balaban J connectivity index is 2.30. The minimum atomic E-state index is -1.85. The molecule has 1 aromatic carbocycles. The Morgan fingerprint density at radius 2 is 2.00 bits per heavy atom. The van der Waals surface area contributed by atoms with E-state index in [-0.39, 0.29) is 17.1 Å². The maximum atomic E-state index is 10.1. The first-order chi connectivity index (χ1) is 10.1. The number of aliphatic hydroxyl groups is 1. The highest BCUT2D eigenvalue weighted by Gasteiger charge is 2.41. The molecule has 1 atom stereocenters. The third-order valence-electron chi connectivity index (χ3n) is 5.21. The summed E-state index contributed by atoms with van der Waals surface area (Å²) in [5.41, 5.74) is 1.87. The summed E-state index contributed by atoms with van der Waals surface area (Å²) in [4.78, 5) is 0. The standard InChI is InChI=1S/C18H27ClO2Si/c1-17(2,3)22(4,5)21-13-18(12-20)10-6-7-14-11-15(19)8-9-16(14)18/h6-9,11,20H,10,12-13H2,1-5H3/t18-/m0/s1. The van der Waals surface area contributed by atoms with Crippen LogP contribution in [0.4, 0.5) is 0 Å². The van der Waals surface area contributed by atoms with Crippen LogP contribution in [-0.4, -0.2) is 26.6 Å². The number of hydrogen-bond acceptors (Lipinski definition) is 2. The highest BCUT2D eigenvalue weighted by molar-refractivity contribution is 6.74. The lowest BCUT2D eigenvalue weighted by molar-refractivity contribution is 0.121. The Bertz CT molecular complexity index is 575. The van der Waals surface area contributed by atoms with Crippen LogP contribution in [0.3, 0.4) is 0 Å². The van der Waals surface area contributed by atoms with Gasteiger partial charge in [0.05, 0.1) is 6.61 Å². The summed E-state index contributed by atoms with van der Waals surface area (Å²) in [5, 5.41) is 11.0. The van der Waals surface area contributed by atoms with Crippen LogP contribution in [0.15, 0.2) is 24.3 Å². The van der Waals surface area contributed by atoms with E-state index < -0.39 is 8.32 Å². The summed E-state index contributed by atoms with van der Waals surface area (Å²) < 4.78 is 6.43. The number of allylic oxidation sites excluding steroid dienone is 1. The fourth-order valence-corrected chi connectivity index (χ4v) is 3.79. The van der Waals surface area contributed by atoms with E-state index in [4.69, 9.17) is 16.0 Å². The van der Waals surface area contributed by atoms with Crippen LogP contribution < -0.4 is 0 Å². The summed E-state index contributed by atoms with van der Waals surface area (Å²) >= 11 is 6.10. The highest BCUT2D eigenvalue weighted by Crippen LogP contribution is 2.41. The van der Waals surface area contributed by atoms with Gasteiger partial charge in [0.15, 0.2) is 8.32 Å². The van der Waals surface area contributed by atoms with Gasteiger partial charge in [-0.05, 0) is 47.8 Å². The fourth-order valence-electron chi connectivity index (χ4n) is 2.54. The first-order valence-electron chi connectivity index (χ1n) is 7.83. The van der Waals surface area contributed by atoms with Gasteiger partial charge < -0.3 is 9.53 Å². The third kappa shape index (κ3) is 3.33. The van der Waals surface area contributed by atoms with Crippen molar-refractivity contribution in [1.82, 2.24) is 0 Å². The molecule has 0 aliphatic heterocycles. The maximum Gasteiger partial charge on any atom is 0.192 e. The SMILES string of the molecule is CC(C)(C)[Si](C)(C)OC[C@@]1(CO)CC=Cc2cc(Cl)ccc21. The molecule has 0 radical (unpaired) electrons. The second kappa shape index (κ2) is 6.12. The van der Waals surface area contributed by atoms with Crippen LogP contribution in [0.25, 0.3) is 6.08 Å². The normalized spacial score (nSPS) is 21.8. The Kier molecular flexibility index (Phi) is 4.93. The average Bonchev–Trinajstić information content (AvgIpc) is 2.43. The van der Waals surface area contributed by atoms with Gasteiger partial charge in [-0.2, -0.15) is 0 Å². The van der Waals surface area contributed by atoms with Gasteiger partial charge in [-0.1, -0.05) is 50.6 Å². The van der Waals surface area contributed by atoms with Gasteiger partial charge in [0.2, 0.25) is 0 Å². The van der Waals surface area contributed by atoms with Crippen molar-refractivity contribution < 1.29 is 9.53 Å². The van der Waals surface area contributed by atoms with Gasteiger partial charge in [0.1, 0.15) is 0 Å². The number of benzene rings is 1. The van der Waals surface area contributed by atoms with Crippen LogP contribution in [0.2, 0.25) is 23.2 Å². The molecule has 0 fully saturated rings. The van der Waals surface area contributed by atoms with Gasteiger partial charge in [0.25, 0.3) is 0 Å². The van der Waals surface area contributed by atoms with Crippen molar-refractivity contribution in [2.45, 2.75) is 50.7 Å². The topological polar surface area (TPSA) is 29.5 Å². The zero-order valence-corrected chi connectivity index (χ0v) is 16.0. The summed E-state index contributed by atoms with van der Waals surface area (Å²) in [5.74, 6) is 0. The van der Waals surface area contributed by atoms with Crippen molar-refractivity contribution >= 4 is 26.0 Å². The zero-order valence-electron chi connectivity index (χ0n) is 14.2. The zero-order chi connectivity index (χ0) is 16.6. The van der Waals surface area contributed by atoms with E-state index in [0.29, 0.717) is 6.61 Å². The van der Waals surface area contributed by atoms with Crippen molar-refractivity contribution in [2.24, 2.45) is 0 Å². The molecule has 4 heteroatoms. The van der Waals surface area contributed by atoms with Crippen LogP contribution in [0.1, 0.15) is 38.3 Å². The predicted octanol–water partition coefficient (Wildman–Crippen LogP) is 5.01. The predicted molar refractivity (Wildman–Crippen MR) is 97.0 cm³/mol. The van der Waals surface area contributed by atoms with Gasteiger partial charge >= 0.3 is 0 Å². The van der Waals surface area contributed by atoms with Crippen molar-refractivity contribution in [3.8, 4) is 0 Å². The number of hydrogen-bond donors (Lipinski definition) is 1. The molecule has 0 saturated heterocycles. The molecule has 0 heterocycles. The van der Waals surface area contributed by atoms with E-state index in [1.165, 1.54) is 0 Å². The van der Waals surface area contributed by atoms with E-state index >= 15 is 0 Å². The van der Waals surface area contributed by atoms with Crippen LogP contribution in [0, 0.1) is 0 Å². The van der Waals surface area contributed by atoms with Crippen molar-refractivity contribution in [3.05, 3.63) is 40.4 Å². The van der Waals surface area contributed by atoms with Crippen molar-refractivity contribution in [1.29, 1.82) is 0 Å². The Morgan fingerprint density at radius 1 is 1.32 bits per heavy atom. The van der Waals surface area contributed by atoms with Gasteiger partial charge in [-0.3, -0.25) is 0 Å². The first-order valence-corrected chi connectivity index (χ1v) is 11.1. The van der Waals surface area contributed by atoms with Gasteiger partial charge in [-0.25, -0.2) is 0 Å².